The Labute approximate surface area is 120 Å². The van der Waals surface area contributed by atoms with E-state index in [1.807, 2.05) is 6.07 Å². The normalized spacial score (nSPS) is 30.0. The van der Waals surface area contributed by atoms with Gasteiger partial charge in [-0.25, -0.2) is 4.39 Å². The van der Waals surface area contributed by atoms with Gasteiger partial charge in [-0.1, -0.05) is 6.92 Å². The Balaban J connectivity index is 1.72. The largest absolute Gasteiger partial charge is 0.337 e. The molecule has 2 aliphatic heterocycles. The second kappa shape index (κ2) is 6.20. The molecule has 2 heterocycles. The van der Waals surface area contributed by atoms with Gasteiger partial charge < -0.3 is 15.1 Å². The van der Waals surface area contributed by atoms with Gasteiger partial charge in [0.05, 0.1) is 6.54 Å². The molecular formula is C16H27FN3+3. The minimum Gasteiger partial charge on any atom is -0.337 e. The maximum atomic E-state index is 13.6. The van der Waals surface area contributed by atoms with Gasteiger partial charge in [0.15, 0.2) is 6.04 Å². The average Bonchev–Trinajstić information content (AvgIpc) is 2.48. The lowest BCUT2D eigenvalue weighted by Crippen LogP contribution is -3.29. The summed E-state index contributed by atoms with van der Waals surface area (Å²) in [7, 11) is 0. The van der Waals surface area contributed by atoms with Gasteiger partial charge >= 0.3 is 0 Å². The maximum absolute atomic E-state index is 13.6. The van der Waals surface area contributed by atoms with E-state index in [0.29, 0.717) is 6.04 Å². The van der Waals surface area contributed by atoms with Crippen LogP contribution in [-0.4, -0.2) is 39.3 Å². The van der Waals surface area contributed by atoms with Crippen LogP contribution < -0.4 is 15.1 Å². The van der Waals surface area contributed by atoms with Crippen LogP contribution in [0.2, 0.25) is 0 Å². The first-order valence-corrected chi connectivity index (χ1v) is 8.06. The van der Waals surface area contributed by atoms with Crippen LogP contribution in [0.5, 0.6) is 0 Å². The zero-order chi connectivity index (χ0) is 13.9. The van der Waals surface area contributed by atoms with Crippen LogP contribution in [0.25, 0.3) is 0 Å². The molecule has 4 heteroatoms. The molecule has 1 fully saturated rings. The third-order valence-corrected chi connectivity index (χ3v) is 4.95. The molecular weight excluding hydrogens is 253 g/mol. The fourth-order valence-electron chi connectivity index (χ4n) is 3.87. The molecule has 0 saturated carbocycles. The van der Waals surface area contributed by atoms with Gasteiger partial charge in [-0.2, -0.15) is 0 Å². The average molecular weight is 280 g/mol. The van der Waals surface area contributed by atoms with Crippen LogP contribution in [0.1, 0.15) is 30.5 Å². The van der Waals surface area contributed by atoms with Crippen LogP contribution in [0.15, 0.2) is 18.2 Å². The second-order valence-corrected chi connectivity index (χ2v) is 6.28. The van der Waals surface area contributed by atoms with Gasteiger partial charge in [0.2, 0.25) is 0 Å². The summed E-state index contributed by atoms with van der Waals surface area (Å²) >= 11 is 0. The molecule has 0 amide bonds. The molecule has 4 N–H and O–H groups in total. The quantitative estimate of drug-likeness (QED) is 0.579. The molecule has 1 aromatic carbocycles. The van der Waals surface area contributed by atoms with Crippen molar-refractivity contribution in [1.29, 1.82) is 0 Å². The molecule has 1 atom stereocenters. The second-order valence-electron chi connectivity index (χ2n) is 6.28. The highest BCUT2D eigenvalue weighted by atomic mass is 19.1. The highest BCUT2D eigenvalue weighted by Crippen LogP contribution is 2.18. The number of quaternary nitrogens is 3. The van der Waals surface area contributed by atoms with Gasteiger partial charge in [-0.05, 0) is 24.6 Å². The molecule has 0 unspecified atom stereocenters. The smallest absolute Gasteiger partial charge is 0.163 e. The van der Waals surface area contributed by atoms with Gasteiger partial charge in [0.25, 0.3) is 0 Å². The molecule has 1 aromatic rings. The van der Waals surface area contributed by atoms with E-state index in [4.69, 9.17) is 0 Å². The van der Waals surface area contributed by atoms with Crippen molar-refractivity contribution >= 4 is 0 Å². The Kier molecular flexibility index (Phi) is 4.34. The Morgan fingerprint density at radius 2 is 2.05 bits per heavy atom. The SMILES string of the molecule is CCC[NH+]1CC[NH+]([C@H]2C[NH2+]Cc3ccc(F)cc32)CC1. The van der Waals surface area contributed by atoms with Crippen molar-refractivity contribution in [3.8, 4) is 0 Å². The van der Waals surface area contributed by atoms with Crippen molar-refractivity contribution in [2.75, 3.05) is 39.3 Å². The zero-order valence-corrected chi connectivity index (χ0v) is 12.4. The molecule has 2 aliphatic rings. The minimum atomic E-state index is -0.0784. The molecule has 0 aliphatic carbocycles. The fourth-order valence-corrected chi connectivity index (χ4v) is 3.87. The molecule has 0 aromatic heterocycles. The molecule has 0 radical (unpaired) electrons. The number of fused-ring (bicyclic) bond motifs is 1. The predicted molar refractivity (Wildman–Crippen MR) is 76.2 cm³/mol. The summed E-state index contributed by atoms with van der Waals surface area (Å²) < 4.78 is 13.6. The molecule has 3 rings (SSSR count). The molecule has 20 heavy (non-hydrogen) atoms. The lowest BCUT2D eigenvalue weighted by molar-refractivity contribution is -1.03. The predicted octanol–water partition coefficient (Wildman–Crippen LogP) is -1.86. The molecule has 0 spiro atoms. The Morgan fingerprint density at radius 1 is 1.25 bits per heavy atom. The maximum Gasteiger partial charge on any atom is 0.163 e. The summed E-state index contributed by atoms with van der Waals surface area (Å²) in [5.74, 6) is -0.0784. The summed E-state index contributed by atoms with van der Waals surface area (Å²) in [6, 6.07) is 5.85. The number of hydrogen-bond acceptors (Lipinski definition) is 0. The highest BCUT2D eigenvalue weighted by molar-refractivity contribution is 5.30. The van der Waals surface area contributed by atoms with Crippen LogP contribution in [0.3, 0.4) is 0 Å². The van der Waals surface area contributed by atoms with Crippen molar-refractivity contribution in [1.82, 2.24) is 0 Å². The number of hydrogen-bond donors (Lipinski definition) is 3. The summed E-state index contributed by atoms with van der Waals surface area (Å²) in [4.78, 5) is 3.41. The summed E-state index contributed by atoms with van der Waals surface area (Å²) in [6.45, 7) is 10.7. The number of nitrogens with one attached hydrogen (secondary N) is 2. The van der Waals surface area contributed by atoms with Gasteiger partial charge in [-0.3, -0.25) is 0 Å². The van der Waals surface area contributed by atoms with E-state index >= 15 is 0 Å². The van der Waals surface area contributed by atoms with Crippen LogP contribution >= 0.6 is 0 Å². The van der Waals surface area contributed by atoms with E-state index in [2.05, 4.69) is 12.2 Å². The topological polar surface area (TPSA) is 25.5 Å². The third-order valence-electron chi connectivity index (χ3n) is 4.95. The van der Waals surface area contributed by atoms with Gasteiger partial charge in [0, 0.05) is 11.1 Å². The monoisotopic (exact) mass is 280 g/mol. The van der Waals surface area contributed by atoms with Crippen molar-refractivity contribution in [3.63, 3.8) is 0 Å². The summed E-state index contributed by atoms with van der Waals surface area (Å²) in [5.41, 5.74) is 2.60. The highest BCUT2D eigenvalue weighted by Gasteiger charge is 2.35. The first kappa shape index (κ1) is 14.0. The first-order valence-electron chi connectivity index (χ1n) is 8.06. The van der Waals surface area contributed by atoms with Crippen LogP contribution in [-0.2, 0) is 6.54 Å². The van der Waals surface area contributed by atoms with Crippen LogP contribution in [0.4, 0.5) is 4.39 Å². The minimum absolute atomic E-state index is 0.0784. The number of nitrogens with two attached hydrogens (primary N) is 1. The number of benzene rings is 1. The van der Waals surface area contributed by atoms with E-state index in [9.17, 15) is 4.39 Å². The molecule has 1 saturated heterocycles. The summed E-state index contributed by atoms with van der Waals surface area (Å²) in [6.07, 6.45) is 1.27. The first-order chi connectivity index (χ1) is 9.78. The number of piperazine rings is 1. The van der Waals surface area contributed by atoms with E-state index < -0.39 is 0 Å². The lowest BCUT2D eigenvalue weighted by atomic mass is 9.95. The standard InChI is InChI=1S/C16H24FN3/c1-2-5-19-6-8-20(9-7-19)16-12-18-11-13-3-4-14(17)10-15(13)16/h3-4,10,16,18H,2,5-9,11-12H2,1H3/p+3/t16-/m0/s1. The third kappa shape index (κ3) is 2.87. The molecule has 3 nitrogen and oxygen atoms in total. The van der Waals surface area contributed by atoms with Gasteiger partial charge in [0.1, 0.15) is 45.1 Å². The van der Waals surface area contributed by atoms with Crippen LogP contribution in [0, 0.1) is 5.82 Å². The van der Waals surface area contributed by atoms with Crippen molar-refractivity contribution in [3.05, 3.63) is 35.1 Å². The Morgan fingerprint density at radius 3 is 2.80 bits per heavy atom. The Hall–Kier alpha value is -0.970. The molecule has 110 valence electrons. The number of rotatable bonds is 3. The summed E-state index contributed by atoms with van der Waals surface area (Å²) in [5, 5.41) is 2.38. The van der Waals surface area contributed by atoms with E-state index in [1.54, 1.807) is 21.9 Å². The van der Waals surface area contributed by atoms with E-state index in [1.165, 1.54) is 50.3 Å². The zero-order valence-electron chi connectivity index (χ0n) is 12.4. The van der Waals surface area contributed by atoms with E-state index in [0.717, 1.165) is 13.1 Å². The van der Waals surface area contributed by atoms with Crippen molar-refractivity contribution in [2.24, 2.45) is 0 Å². The lowest BCUT2D eigenvalue weighted by Gasteiger charge is -2.36. The molecule has 0 bridgehead atoms. The van der Waals surface area contributed by atoms with Gasteiger partial charge in [-0.15, -0.1) is 0 Å². The number of halogens is 1. The van der Waals surface area contributed by atoms with Crippen molar-refractivity contribution in [2.45, 2.75) is 25.9 Å². The van der Waals surface area contributed by atoms with Crippen molar-refractivity contribution < 1.29 is 19.5 Å². The fraction of sp³-hybridized carbons (Fsp3) is 0.625. The van der Waals surface area contributed by atoms with E-state index in [-0.39, 0.29) is 5.82 Å². The Bertz CT molecular complexity index is 455.